The van der Waals surface area contributed by atoms with Crippen molar-refractivity contribution >= 4 is 22.6 Å². The van der Waals surface area contributed by atoms with Gasteiger partial charge in [0, 0.05) is 39.1 Å². The Kier molecular flexibility index (Phi) is 5.84. The SMILES string of the molecule is O=C(CC12CC3CC(CC(C3)C1)C2)NCC(=O)N1CCN(Cc2ccc3ccccc3c2)CC1. The summed E-state index contributed by atoms with van der Waals surface area (Å²) in [7, 11) is 0. The second-order valence-corrected chi connectivity index (χ2v) is 11.7. The molecule has 1 aliphatic heterocycles. The Morgan fingerprint density at radius 1 is 0.853 bits per heavy atom. The van der Waals surface area contributed by atoms with Gasteiger partial charge in [0.05, 0.1) is 6.54 Å². The summed E-state index contributed by atoms with van der Waals surface area (Å²) in [6, 6.07) is 15.1. The number of carbonyl (C=O) groups excluding carboxylic acids is 2. The highest BCUT2D eigenvalue weighted by atomic mass is 16.2. The highest BCUT2D eigenvalue weighted by Crippen LogP contribution is 2.61. The van der Waals surface area contributed by atoms with Crippen molar-refractivity contribution < 1.29 is 9.59 Å². The minimum Gasteiger partial charge on any atom is -0.347 e. The smallest absolute Gasteiger partial charge is 0.242 e. The zero-order chi connectivity index (χ0) is 23.1. The van der Waals surface area contributed by atoms with Crippen LogP contribution in [0.15, 0.2) is 42.5 Å². The fourth-order valence-electron chi connectivity index (χ4n) is 7.95. The van der Waals surface area contributed by atoms with Crippen molar-refractivity contribution in [2.45, 2.75) is 51.5 Å². The van der Waals surface area contributed by atoms with E-state index in [4.69, 9.17) is 0 Å². The Bertz CT molecular complexity index is 1040. The molecule has 0 atom stereocenters. The van der Waals surface area contributed by atoms with Gasteiger partial charge in [0.25, 0.3) is 0 Å². The van der Waals surface area contributed by atoms with Crippen LogP contribution in [0.2, 0.25) is 0 Å². The molecule has 2 aromatic rings. The minimum atomic E-state index is 0.0595. The number of hydrogen-bond acceptors (Lipinski definition) is 3. The number of benzene rings is 2. The Balaban J connectivity index is 0.954. The van der Waals surface area contributed by atoms with Crippen LogP contribution in [0.25, 0.3) is 10.8 Å². The van der Waals surface area contributed by atoms with Gasteiger partial charge >= 0.3 is 0 Å². The molecule has 5 aliphatic rings. The van der Waals surface area contributed by atoms with E-state index >= 15 is 0 Å². The van der Waals surface area contributed by atoms with E-state index in [1.165, 1.54) is 54.9 Å². The lowest BCUT2D eigenvalue weighted by atomic mass is 9.49. The standard InChI is InChI=1S/C29H37N3O2/c33-27(18-29-15-22-11-23(16-29)13-24(12-22)17-29)30-19-28(34)32-9-7-31(8-10-32)20-21-5-6-25-3-1-2-4-26(25)14-21/h1-6,14,22-24H,7-13,15-20H2,(H,30,33). The number of rotatable bonds is 6. The summed E-state index contributed by atoms with van der Waals surface area (Å²) in [5.74, 6) is 2.71. The van der Waals surface area contributed by atoms with Gasteiger partial charge < -0.3 is 10.2 Å². The van der Waals surface area contributed by atoms with Crippen molar-refractivity contribution in [3.8, 4) is 0 Å². The van der Waals surface area contributed by atoms with Crippen molar-refractivity contribution in [2.24, 2.45) is 23.2 Å². The first-order chi connectivity index (χ1) is 16.5. The second-order valence-electron chi connectivity index (χ2n) is 11.7. The highest BCUT2D eigenvalue weighted by molar-refractivity contribution is 5.85. The normalized spacial score (nSPS) is 30.6. The third kappa shape index (κ3) is 4.59. The van der Waals surface area contributed by atoms with Crippen LogP contribution in [0.3, 0.4) is 0 Å². The largest absolute Gasteiger partial charge is 0.347 e. The fraction of sp³-hybridized carbons (Fsp3) is 0.586. The van der Waals surface area contributed by atoms with Gasteiger partial charge in [-0.05, 0) is 84.1 Å². The summed E-state index contributed by atoms with van der Waals surface area (Å²) in [4.78, 5) is 29.9. The van der Waals surface area contributed by atoms with Crippen LogP contribution >= 0.6 is 0 Å². The summed E-state index contributed by atoms with van der Waals surface area (Å²) in [6.07, 6.45) is 8.52. The van der Waals surface area contributed by atoms with Gasteiger partial charge in [-0.3, -0.25) is 14.5 Å². The molecular formula is C29H37N3O2. The molecule has 0 aromatic heterocycles. The van der Waals surface area contributed by atoms with Crippen LogP contribution in [0.1, 0.15) is 50.5 Å². The van der Waals surface area contributed by atoms with E-state index in [2.05, 4.69) is 52.7 Å². The van der Waals surface area contributed by atoms with Gasteiger partial charge in [0.2, 0.25) is 11.8 Å². The maximum atomic E-state index is 12.8. The van der Waals surface area contributed by atoms with Crippen LogP contribution in [0.4, 0.5) is 0 Å². The van der Waals surface area contributed by atoms with Gasteiger partial charge in [-0.25, -0.2) is 0 Å². The topological polar surface area (TPSA) is 52.7 Å². The molecule has 0 unspecified atom stereocenters. The van der Waals surface area contributed by atoms with Gasteiger partial charge in [-0.2, -0.15) is 0 Å². The summed E-state index contributed by atoms with van der Waals surface area (Å²) in [6.45, 7) is 4.28. The molecule has 5 nitrogen and oxygen atoms in total. The number of amides is 2. The predicted octanol–water partition coefficient (Wildman–Crippen LogP) is 4.21. The Hall–Kier alpha value is -2.40. The molecule has 7 rings (SSSR count). The lowest BCUT2D eigenvalue weighted by molar-refractivity contribution is -0.136. The maximum Gasteiger partial charge on any atom is 0.242 e. The minimum absolute atomic E-state index is 0.0595. The average molecular weight is 460 g/mol. The molecule has 1 N–H and O–H groups in total. The lowest BCUT2D eigenvalue weighted by Crippen LogP contribution is -2.51. The summed E-state index contributed by atoms with van der Waals surface area (Å²) in [5, 5.41) is 5.53. The molecule has 4 saturated carbocycles. The number of piperazine rings is 1. The van der Waals surface area contributed by atoms with Gasteiger partial charge in [0.1, 0.15) is 0 Å². The first-order valence-electron chi connectivity index (χ1n) is 13.3. The van der Waals surface area contributed by atoms with Crippen LogP contribution in [0.5, 0.6) is 0 Å². The van der Waals surface area contributed by atoms with Crippen molar-refractivity contribution in [1.29, 1.82) is 0 Å². The molecule has 0 spiro atoms. The van der Waals surface area contributed by atoms with Crippen LogP contribution in [-0.2, 0) is 16.1 Å². The molecule has 5 fully saturated rings. The zero-order valence-electron chi connectivity index (χ0n) is 20.2. The number of nitrogens with zero attached hydrogens (tertiary/aromatic N) is 2. The summed E-state index contributed by atoms with van der Waals surface area (Å²) in [5.41, 5.74) is 1.55. The van der Waals surface area contributed by atoms with Crippen LogP contribution in [0, 0.1) is 23.2 Å². The highest BCUT2D eigenvalue weighted by Gasteiger charge is 2.51. The van der Waals surface area contributed by atoms with E-state index in [9.17, 15) is 9.59 Å². The van der Waals surface area contributed by atoms with E-state index in [-0.39, 0.29) is 23.8 Å². The number of hydrogen-bond donors (Lipinski definition) is 1. The molecule has 0 radical (unpaired) electrons. The summed E-state index contributed by atoms with van der Waals surface area (Å²) < 4.78 is 0. The molecular weight excluding hydrogens is 422 g/mol. The van der Waals surface area contributed by atoms with Crippen LogP contribution in [-0.4, -0.2) is 54.3 Å². The average Bonchev–Trinajstić information content (AvgIpc) is 2.82. The fourth-order valence-corrected chi connectivity index (χ4v) is 7.95. The van der Waals surface area contributed by atoms with E-state index in [0.29, 0.717) is 6.42 Å². The van der Waals surface area contributed by atoms with Crippen molar-refractivity contribution in [1.82, 2.24) is 15.1 Å². The van der Waals surface area contributed by atoms with Crippen molar-refractivity contribution in [3.05, 3.63) is 48.0 Å². The summed E-state index contributed by atoms with van der Waals surface area (Å²) >= 11 is 0. The lowest BCUT2D eigenvalue weighted by Gasteiger charge is -2.56. The molecule has 1 heterocycles. The molecule has 180 valence electrons. The quantitative estimate of drug-likeness (QED) is 0.704. The van der Waals surface area contributed by atoms with Crippen molar-refractivity contribution in [3.63, 3.8) is 0 Å². The van der Waals surface area contributed by atoms with Crippen molar-refractivity contribution in [2.75, 3.05) is 32.7 Å². The third-order valence-corrected chi connectivity index (χ3v) is 9.08. The second kappa shape index (κ2) is 8.99. The Morgan fingerprint density at radius 2 is 1.50 bits per heavy atom. The Labute approximate surface area is 202 Å². The molecule has 4 aliphatic carbocycles. The number of fused-ring (bicyclic) bond motifs is 1. The van der Waals surface area contributed by atoms with Crippen LogP contribution < -0.4 is 5.32 Å². The Morgan fingerprint density at radius 3 is 2.18 bits per heavy atom. The molecule has 34 heavy (non-hydrogen) atoms. The third-order valence-electron chi connectivity index (χ3n) is 9.08. The first-order valence-corrected chi connectivity index (χ1v) is 13.3. The first kappa shape index (κ1) is 22.1. The maximum absolute atomic E-state index is 12.8. The molecule has 5 heteroatoms. The number of carbonyl (C=O) groups is 2. The van der Waals surface area contributed by atoms with E-state index in [1.807, 2.05) is 4.90 Å². The molecule has 4 bridgehead atoms. The predicted molar refractivity (Wildman–Crippen MR) is 134 cm³/mol. The van der Waals surface area contributed by atoms with Gasteiger partial charge in [-0.15, -0.1) is 0 Å². The molecule has 1 saturated heterocycles. The zero-order valence-corrected chi connectivity index (χ0v) is 20.2. The molecule has 2 amide bonds. The number of nitrogens with one attached hydrogen (secondary N) is 1. The van der Waals surface area contributed by atoms with Gasteiger partial charge in [-0.1, -0.05) is 36.4 Å². The van der Waals surface area contributed by atoms with E-state index in [1.54, 1.807) is 0 Å². The molecule has 2 aromatic carbocycles. The van der Waals surface area contributed by atoms with Gasteiger partial charge in [0.15, 0.2) is 0 Å². The van der Waals surface area contributed by atoms with E-state index < -0.39 is 0 Å². The monoisotopic (exact) mass is 459 g/mol. The van der Waals surface area contributed by atoms with E-state index in [0.717, 1.165) is 50.5 Å².